The van der Waals surface area contributed by atoms with Crippen molar-refractivity contribution in [2.75, 3.05) is 45.1 Å². The molecule has 7 heteroatoms. The number of rotatable bonds is 3. The summed E-state index contributed by atoms with van der Waals surface area (Å²) in [5.74, 6) is 0.863. The van der Waals surface area contributed by atoms with Crippen LogP contribution in [0.5, 0.6) is 0 Å². The van der Waals surface area contributed by atoms with Crippen LogP contribution in [-0.4, -0.2) is 55.6 Å². The fourth-order valence-corrected chi connectivity index (χ4v) is 6.51. The number of hydrogen-bond acceptors (Lipinski definition) is 6. The Morgan fingerprint density at radius 3 is 2.72 bits per heavy atom. The van der Waals surface area contributed by atoms with Crippen molar-refractivity contribution in [1.29, 1.82) is 0 Å². The lowest BCUT2D eigenvalue weighted by atomic mass is 9.73. The molecule has 1 amide bonds. The number of hydrogen-bond donors (Lipinski definition) is 3. The SMILES string of the molecule is CNc1nc2c(s1)[C@]1(CNC2)CNC[C@H]1C(=O)N1CCC(c2ccccc2)CC1. The molecule has 2 aromatic rings. The van der Waals surface area contributed by atoms with Crippen LogP contribution in [0.3, 0.4) is 0 Å². The van der Waals surface area contributed by atoms with Crippen molar-refractivity contribution in [1.82, 2.24) is 20.5 Å². The number of nitrogens with one attached hydrogen (secondary N) is 3. The van der Waals surface area contributed by atoms with Gasteiger partial charge in [-0.15, -0.1) is 11.3 Å². The van der Waals surface area contributed by atoms with Crippen molar-refractivity contribution in [2.45, 2.75) is 30.7 Å². The molecule has 29 heavy (non-hydrogen) atoms. The maximum Gasteiger partial charge on any atom is 0.228 e. The van der Waals surface area contributed by atoms with Gasteiger partial charge in [-0.05, 0) is 24.3 Å². The Morgan fingerprint density at radius 1 is 1.21 bits per heavy atom. The summed E-state index contributed by atoms with van der Waals surface area (Å²) in [4.78, 5) is 21.8. The van der Waals surface area contributed by atoms with Crippen molar-refractivity contribution in [3.05, 3.63) is 46.5 Å². The number of carbonyl (C=O) groups excluding carboxylic acids is 1. The number of likely N-dealkylation sites (tertiary alicyclic amines) is 1. The predicted molar refractivity (Wildman–Crippen MR) is 116 cm³/mol. The fourth-order valence-electron chi connectivity index (χ4n) is 5.34. The van der Waals surface area contributed by atoms with Gasteiger partial charge in [0.2, 0.25) is 5.91 Å². The first-order valence-corrected chi connectivity index (χ1v) is 11.5. The number of fused-ring (bicyclic) bond motifs is 2. The second-order valence-corrected chi connectivity index (χ2v) is 9.50. The molecular formula is C22H29N5OS. The van der Waals surface area contributed by atoms with E-state index in [9.17, 15) is 4.79 Å². The normalized spacial score (nSPS) is 27.2. The molecule has 3 N–H and O–H groups in total. The Bertz CT molecular complexity index is 877. The molecule has 0 saturated carbocycles. The number of piperidine rings is 1. The summed E-state index contributed by atoms with van der Waals surface area (Å²) in [5.41, 5.74) is 2.34. The molecule has 2 fully saturated rings. The Balaban J connectivity index is 1.34. The van der Waals surface area contributed by atoms with E-state index in [0.717, 1.165) is 62.9 Å². The highest BCUT2D eigenvalue weighted by Crippen LogP contribution is 2.44. The van der Waals surface area contributed by atoms with Crippen LogP contribution in [0.4, 0.5) is 5.13 Å². The van der Waals surface area contributed by atoms with E-state index in [1.807, 2.05) is 7.05 Å². The van der Waals surface area contributed by atoms with Crippen LogP contribution in [0.15, 0.2) is 30.3 Å². The molecule has 1 aromatic carbocycles. The van der Waals surface area contributed by atoms with E-state index in [1.165, 1.54) is 10.4 Å². The van der Waals surface area contributed by atoms with Crippen LogP contribution in [-0.2, 0) is 16.8 Å². The van der Waals surface area contributed by atoms with Gasteiger partial charge in [0.05, 0.1) is 11.6 Å². The standard InChI is InChI=1S/C22H29N5OS/c1-23-21-26-18-12-25-14-22(19(18)29-21)13-24-11-17(22)20(28)27-9-7-16(8-10-27)15-5-3-2-4-6-15/h2-6,16-17,24-25H,7-14H2,1H3,(H,23,26)/t17-,22-/m0/s1. The van der Waals surface area contributed by atoms with E-state index in [-0.39, 0.29) is 11.3 Å². The van der Waals surface area contributed by atoms with Gasteiger partial charge in [0, 0.05) is 56.6 Å². The first kappa shape index (κ1) is 19.0. The number of aromatic nitrogens is 1. The zero-order valence-electron chi connectivity index (χ0n) is 16.9. The molecule has 2 saturated heterocycles. The molecule has 154 valence electrons. The molecule has 1 aromatic heterocycles. The third-order valence-corrected chi connectivity index (χ3v) is 8.26. The van der Waals surface area contributed by atoms with Gasteiger partial charge in [0.1, 0.15) is 0 Å². The first-order valence-electron chi connectivity index (χ1n) is 10.6. The zero-order valence-corrected chi connectivity index (χ0v) is 17.7. The molecule has 0 bridgehead atoms. The van der Waals surface area contributed by atoms with E-state index in [1.54, 1.807) is 11.3 Å². The molecule has 2 atom stereocenters. The topological polar surface area (TPSA) is 69.3 Å². The van der Waals surface area contributed by atoms with Crippen molar-refractivity contribution < 1.29 is 4.79 Å². The highest BCUT2D eigenvalue weighted by atomic mass is 32.1. The molecular weight excluding hydrogens is 382 g/mol. The van der Waals surface area contributed by atoms with Crippen molar-refractivity contribution in [3.8, 4) is 0 Å². The number of nitrogens with zero attached hydrogens (tertiary/aromatic N) is 2. The first-order chi connectivity index (χ1) is 14.2. The molecule has 0 aliphatic carbocycles. The Morgan fingerprint density at radius 2 is 1.97 bits per heavy atom. The summed E-state index contributed by atoms with van der Waals surface area (Å²) < 4.78 is 0. The summed E-state index contributed by atoms with van der Waals surface area (Å²) in [6.07, 6.45) is 2.10. The average molecular weight is 412 g/mol. The molecule has 0 radical (unpaired) electrons. The zero-order chi connectivity index (χ0) is 19.8. The molecule has 0 unspecified atom stereocenters. The van der Waals surface area contributed by atoms with Crippen LogP contribution in [0, 0.1) is 5.92 Å². The molecule has 5 rings (SSSR count). The van der Waals surface area contributed by atoms with Crippen molar-refractivity contribution in [2.24, 2.45) is 5.92 Å². The van der Waals surface area contributed by atoms with Crippen LogP contribution in [0.25, 0.3) is 0 Å². The summed E-state index contributed by atoms with van der Waals surface area (Å²) in [6, 6.07) is 10.7. The smallest absolute Gasteiger partial charge is 0.228 e. The van der Waals surface area contributed by atoms with Crippen molar-refractivity contribution in [3.63, 3.8) is 0 Å². The Labute approximate surface area is 176 Å². The van der Waals surface area contributed by atoms with E-state index in [4.69, 9.17) is 4.98 Å². The maximum atomic E-state index is 13.6. The van der Waals surface area contributed by atoms with Gasteiger partial charge in [0.25, 0.3) is 0 Å². The second kappa shape index (κ2) is 7.70. The van der Waals surface area contributed by atoms with Crippen LogP contribution in [0.1, 0.15) is 34.9 Å². The highest BCUT2D eigenvalue weighted by molar-refractivity contribution is 7.15. The summed E-state index contributed by atoms with van der Waals surface area (Å²) in [5, 5.41) is 11.2. The van der Waals surface area contributed by atoms with Gasteiger partial charge in [-0.1, -0.05) is 30.3 Å². The highest BCUT2D eigenvalue weighted by Gasteiger charge is 2.52. The molecule has 1 spiro atoms. The summed E-state index contributed by atoms with van der Waals surface area (Å²) in [6.45, 7) is 4.94. The minimum atomic E-state index is -0.173. The number of anilines is 1. The van der Waals surface area contributed by atoms with Gasteiger partial charge < -0.3 is 20.9 Å². The molecule has 3 aliphatic rings. The van der Waals surface area contributed by atoms with Crippen LogP contribution < -0.4 is 16.0 Å². The lowest BCUT2D eigenvalue weighted by Crippen LogP contribution is -2.54. The lowest BCUT2D eigenvalue weighted by Gasteiger charge is -2.40. The quantitative estimate of drug-likeness (QED) is 0.722. The van der Waals surface area contributed by atoms with Gasteiger partial charge in [-0.2, -0.15) is 0 Å². The van der Waals surface area contributed by atoms with E-state index in [2.05, 4.69) is 51.2 Å². The predicted octanol–water partition coefficient (Wildman–Crippen LogP) is 2.15. The fraction of sp³-hybridized carbons (Fsp3) is 0.545. The number of benzene rings is 1. The minimum absolute atomic E-state index is 0.0209. The number of carbonyl (C=O) groups is 1. The number of thiazole rings is 1. The monoisotopic (exact) mass is 411 g/mol. The van der Waals surface area contributed by atoms with Gasteiger partial charge >= 0.3 is 0 Å². The van der Waals surface area contributed by atoms with Crippen LogP contribution in [0.2, 0.25) is 0 Å². The van der Waals surface area contributed by atoms with Gasteiger partial charge in [-0.25, -0.2) is 4.98 Å². The average Bonchev–Trinajstić information content (AvgIpc) is 3.39. The third-order valence-electron chi connectivity index (χ3n) is 6.93. The third kappa shape index (κ3) is 3.25. The largest absolute Gasteiger partial charge is 0.365 e. The Hall–Kier alpha value is -1.96. The summed E-state index contributed by atoms with van der Waals surface area (Å²) in [7, 11) is 1.91. The Kier molecular flexibility index (Phi) is 5.05. The van der Waals surface area contributed by atoms with Gasteiger partial charge in [0.15, 0.2) is 5.13 Å². The van der Waals surface area contributed by atoms with Gasteiger partial charge in [-0.3, -0.25) is 4.79 Å². The minimum Gasteiger partial charge on any atom is -0.365 e. The number of amides is 1. The lowest BCUT2D eigenvalue weighted by molar-refractivity contribution is -0.137. The molecule has 3 aliphatic heterocycles. The molecule has 4 heterocycles. The summed E-state index contributed by atoms with van der Waals surface area (Å²) >= 11 is 1.72. The van der Waals surface area contributed by atoms with Crippen LogP contribution >= 0.6 is 11.3 Å². The van der Waals surface area contributed by atoms with E-state index >= 15 is 0 Å². The second-order valence-electron chi connectivity index (χ2n) is 8.50. The van der Waals surface area contributed by atoms with E-state index < -0.39 is 0 Å². The molecule has 6 nitrogen and oxygen atoms in total. The van der Waals surface area contributed by atoms with Crippen molar-refractivity contribution >= 4 is 22.4 Å². The maximum absolute atomic E-state index is 13.6. The van der Waals surface area contributed by atoms with E-state index in [0.29, 0.717) is 11.8 Å².